The number of benzene rings is 1. The Morgan fingerprint density at radius 1 is 1.35 bits per heavy atom. The number of carbonyl (C=O) groups is 1. The summed E-state index contributed by atoms with van der Waals surface area (Å²) in [7, 11) is 0. The first kappa shape index (κ1) is 14.6. The SMILES string of the molecule is Cc1c(C(C)CC(=O)O)[nH]c2ccc(C(C)(C)C)cc12. The molecule has 0 spiro atoms. The van der Waals surface area contributed by atoms with Crippen molar-refractivity contribution in [3.8, 4) is 0 Å². The van der Waals surface area contributed by atoms with Crippen LogP contribution in [0.5, 0.6) is 0 Å². The molecule has 0 bridgehead atoms. The topological polar surface area (TPSA) is 53.1 Å². The number of aryl methyl sites for hydroxylation is 1. The van der Waals surface area contributed by atoms with Gasteiger partial charge in [-0.15, -0.1) is 0 Å². The van der Waals surface area contributed by atoms with Crippen molar-refractivity contribution in [2.45, 2.75) is 52.4 Å². The quantitative estimate of drug-likeness (QED) is 0.873. The van der Waals surface area contributed by atoms with Gasteiger partial charge in [-0.1, -0.05) is 33.8 Å². The van der Waals surface area contributed by atoms with E-state index in [0.717, 1.165) is 11.2 Å². The van der Waals surface area contributed by atoms with Crippen LogP contribution in [0.3, 0.4) is 0 Å². The summed E-state index contributed by atoms with van der Waals surface area (Å²) >= 11 is 0. The molecule has 0 aliphatic carbocycles. The number of H-pyrrole nitrogens is 1. The number of nitrogens with one attached hydrogen (secondary N) is 1. The molecule has 1 aromatic carbocycles. The second-order valence-electron chi connectivity index (χ2n) is 6.67. The van der Waals surface area contributed by atoms with E-state index < -0.39 is 5.97 Å². The van der Waals surface area contributed by atoms with Crippen LogP contribution in [0.1, 0.15) is 56.9 Å². The summed E-state index contributed by atoms with van der Waals surface area (Å²) in [6.07, 6.45) is 0.153. The molecule has 1 unspecified atom stereocenters. The third kappa shape index (κ3) is 2.72. The Labute approximate surface area is 120 Å². The van der Waals surface area contributed by atoms with E-state index in [2.05, 4.69) is 50.9 Å². The monoisotopic (exact) mass is 273 g/mol. The smallest absolute Gasteiger partial charge is 0.304 e. The average Bonchev–Trinajstić information content (AvgIpc) is 2.64. The Bertz CT molecular complexity index is 647. The number of aliphatic carboxylic acids is 1. The van der Waals surface area contributed by atoms with E-state index in [0.29, 0.717) is 0 Å². The van der Waals surface area contributed by atoms with Crippen LogP contribution in [-0.4, -0.2) is 16.1 Å². The van der Waals surface area contributed by atoms with Crippen LogP contribution in [0.25, 0.3) is 10.9 Å². The molecule has 0 saturated heterocycles. The molecule has 3 nitrogen and oxygen atoms in total. The predicted molar refractivity (Wildman–Crippen MR) is 82.4 cm³/mol. The van der Waals surface area contributed by atoms with Gasteiger partial charge in [0.15, 0.2) is 0 Å². The summed E-state index contributed by atoms with van der Waals surface area (Å²) in [6, 6.07) is 6.46. The van der Waals surface area contributed by atoms with E-state index in [1.54, 1.807) is 0 Å². The molecule has 0 aliphatic heterocycles. The Morgan fingerprint density at radius 3 is 2.55 bits per heavy atom. The summed E-state index contributed by atoms with van der Waals surface area (Å²) in [5, 5.41) is 10.1. The van der Waals surface area contributed by atoms with Gasteiger partial charge < -0.3 is 10.1 Å². The van der Waals surface area contributed by atoms with Crippen molar-refractivity contribution in [3.05, 3.63) is 35.0 Å². The Hall–Kier alpha value is -1.77. The third-order valence-electron chi connectivity index (χ3n) is 3.94. The molecule has 1 heterocycles. The number of rotatable bonds is 3. The standard InChI is InChI=1S/C17H23NO2/c1-10(8-15(19)20)16-11(2)13-9-12(17(3,4)5)6-7-14(13)18-16/h6-7,9-10,18H,8H2,1-5H3,(H,19,20). The maximum Gasteiger partial charge on any atom is 0.304 e. The lowest BCUT2D eigenvalue weighted by molar-refractivity contribution is -0.137. The summed E-state index contributed by atoms with van der Waals surface area (Å²) < 4.78 is 0. The van der Waals surface area contributed by atoms with Crippen LogP contribution in [0.4, 0.5) is 0 Å². The van der Waals surface area contributed by atoms with Gasteiger partial charge in [0.25, 0.3) is 0 Å². The van der Waals surface area contributed by atoms with Gasteiger partial charge in [0.1, 0.15) is 0 Å². The molecule has 0 fully saturated rings. The molecule has 3 heteroatoms. The van der Waals surface area contributed by atoms with Crippen LogP contribution in [0, 0.1) is 6.92 Å². The maximum atomic E-state index is 10.9. The van der Waals surface area contributed by atoms with Crippen molar-refractivity contribution in [1.82, 2.24) is 4.98 Å². The van der Waals surface area contributed by atoms with Gasteiger partial charge in [0, 0.05) is 22.5 Å². The zero-order chi connectivity index (χ0) is 15.1. The van der Waals surface area contributed by atoms with Gasteiger partial charge in [0.2, 0.25) is 0 Å². The zero-order valence-electron chi connectivity index (χ0n) is 12.9. The number of fused-ring (bicyclic) bond motifs is 1. The minimum Gasteiger partial charge on any atom is -0.481 e. The van der Waals surface area contributed by atoms with Crippen molar-refractivity contribution in [2.24, 2.45) is 0 Å². The molecular formula is C17H23NO2. The minimum atomic E-state index is -0.758. The molecule has 2 aromatic rings. The highest BCUT2D eigenvalue weighted by molar-refractivity contribution is 5.85. The van der Waals surface area contributed by atoms with Crippen LogP contribution in [0.15, 0.2) is 18.2 Å². The molecule has 2 rings (SSSR count). The fraction of sp³-hybridized carbons (Fsp3) is 0.471. The van der Waals surface area contributed by atoms with E-state index in [1.165, 1.54) is 16.5 Å². The first-order valence-corrected chi connectivity index (χ1v) is 7.04. The fourth-order valence-corrected chi connectivity index (χ4v) is 2.67. The molecule has 0 saturated carbocycles. The second kappa shape index (κ2) is 4.97. The van der Waals surface area contributed by atoms with Gasteiger partial charge in [-0.2, -0.15) is 0 Å². The van der Waals surface area contributed by atoms with Crippen molar-refractivity contribution in [3.63, 3.8) is 0 Å². The van der Waals surface area contributed by atoms with Gasteiger partial charge in [-0.3, -0.25) is 4.79 Å². The zero-order valence-corrected chi connectivity index (χ0v) is 12.9. The summed E-state index contributed by atoms with van der Waals surface area (Å²) in [5.74, 6) is -0.760. The molecular weight excluding hydrogens is 250 g/mol. The van der Waals surface area contributed by atoms with E-state index in [1.807, 2.05) is 6.92 Å². The van der Waals surface area contributed by atoms with Crippen molar-refractivity contribution < 1.29 is 9.90 Å². The Balaban J connectivity index is 2.50. The lowest BCUT2D eigenvalue weighted by Gasteiger charge is -2.19. The normalized spacial score (nSPS) is 13.7. The first-order chi connectivity index (χ1) is 9.20. The summed E-state index contributed by atoms with van der Waals surface area (Å²) in [6.45, 7) is 10.6. The number of carboxylic acids is 1. The lowest BCUT2D eigenvalue weighted by Crippen LogP contribution is -2.10. The minimum absolute atomic E-state index is 0.00186. The highest BCUT2D eigenvalue weighted by atomic mass is 16.4. The predicted octanol–water partition coefficient (Wildman–Crippen LogP) is 4.35. The lowest BCUT2D eigenvalue weighted by atomic mass is 9.86. The van der Waals surface area contributed by atoms with Crippen LogP contribution in [0.2, 0.25) is 0 Å². The molecule has 1 aromatic heterocycles. The van der Waals surface area contributed by atoms with Crippen molar-refractivity contribution in [1.29, 1.82) is 0 Å². The highest BCUT2D eigenvalue weighted by Crippen LogP contribution is 2.32. The van der Waals surface area contributed by atoms with E-state index in [-0.39, 0.29) is 17.8 Å². The molecule has 0 aliphatic rings. The van der Waals surface area contributed by atoms with Crippen LogP contribution < -0.4 is 0 Å². The maximum absolute atomic E-state index is 10.9. The molecule has 2 N–H and O–H groups in total. The van der Waals surface area contributed by atoms with E-state index in [4.69, 9.17) is 5.11 Å². The highest BCUT2D eigenvalue weighted by Gasteiger charge is 2.19. The number of aromatic nitrogens is 1. The Morgan fingerprint density at radius 2 is 2.00 bits per heavy atom. The van der Waals surface area contributed by atoms with Crippen LogP contribution in [-0.2, 0) is 10.2 Å². The van der Waals surface area contributed by atoms with E-state index in [9.17, 15) is 4.79 Å². The molecule has 20 heavy (non-hydrogen) atoms. The van der Waals surface area contributed by atoms with Gasteiger partial charge in [-0.05, 0) is 35.6 Å². The Kier molecular flexibility index (Phi) is 3.63. The van der Waals surface area contributed by atoms with Gasteiger partial charge in [0.05, 0.1) is 6.42 Å². The van der Waals surface area contributed by atoms with Gasteiger partial charge >= 0.3 is 5.97 Å². The van der Waals surface area contributed by atoms with Crippen molar-refractivity contribution >= 4 is 16.9 Å². The van der Waals surface area contributed by atoms with Crippen molar-refractivity contribution in [2.75, 3.05) is 0 Å². The molecule has 1 atom stereocenters. The molecule has 0 radical (unpaired) electrons. The molecule has 0 amide bonds. The number of aromatic amines is 1. The largest absolute Gasteiger partial charge is 0.481 e. The summed E-state index contributed by atoms with van der Waals surface area (Å²) in [5.41, 5.74) is 4.70. The van der Waals surface area contributed by atoms with Gasteiger partial charge in [-0.25, -0.2) is 0 Å². The molecule has 108 valence electrons. The first-order valence-electron chi connectivity index (χ1n) is 7.04. The third-order valence-corrected chi connectivity index (χ3v) is 3.94. The second-order valence-corrected chi connectivity index (χ2v) is 6.67. The van der Waals surface area contributed by atoms with Crippen LogP contribution >= 0.6 is 0 Å². The summed E-state index contributed by atoms with van der Waals surface area (Å²) in [4.78, 5) is 14.3. The fourth-order valence-electron chi connectivity index (χ4n) is 2.67. The average molecular weight is 273 g/mol. The van der Waals surface area contributed by atoms with E-state index >= 15 is 0 Å². The number of carboxylic acid groups (broad SMARTS) is 1. The number of hydrogen-bond acceptors (Lipinski definition) is 1. The number of hydrogen-bond donors (Lipinski definition) is 2.